The summed E-state index contributed by atoms with van der Waals surface area (Å²) in [6.07, 6.45) is 0.943. The van der Waals surface area contributed by atoms with Crippen molar-refractivity contribution in [2.24, 2.45) is 0 Å². The second-order valence-corrected chi connectivity index (χ2v) is 7.86. The molecule has 0 amide bonds. The topological polar surface area (TPSA) is 49.4 Å². The van der Waals surface area contributed by atoms with Crippen molar-refractivity contribution in [1.82, 2.24) is 9.62 Å². The molecule has 6 heteroatoms. The van der Waals surface area contributed by atoms with E-state index in [-0.39, 0.29) is 6.04 Å². The Balaban J connectivity index is 2.18. The van der Waals surface area contributed by atoms with Crippen molar-refractivity contribution in [3.05, 3.63) is 29.8 Å². The maximum absolute atomic E-state index is 12.5. The Bertz CT molecular complexity index is 508. The number of hydrogen-bond acceptors (Lipinski definition) is 4. The van der Waals surface area contributed by atoms with E-state index in [0.29, 0.717) is 4.90 Å². The van der Waals surface area contributed by atoms with Gasteiger partial charge in [-0.1, -0.05) is 12.1 Å². The first-order valence-electron chi connectivity index (χ1n) is 6.35. The van der Waals surface area contributed by atoms with E-state index in [9.17, 15) is 8.42 Å². The molecule has 19 heavy (non-hydrogen) atoms. The van der Waals surface area contributed by atoms with E-state index in [1.165, 1.54) is 4.31 Å². The van der Waals surface area contributed by atoms with E-state index in [1.807, 2.05) is 30.9 Å². The first kappa shape index (κ1) is 14.8. The zero-order valence-corrected chi connectivity index (χ0v) is 12.9. The van der Waals surface area contributed by atoms with Crippen LogP contribution in [0.2, 0.25) is 0 Å². The van der Waals surface area contributed by atoms with Crippen molar-refractivity contribution in [2.45, 2.75) is 23.9 Å². The van der Waals surface area contributed by atoms with E-state index in [2.05, 4.69) is 5.32 Å². The molecule has 2 rings (SSSR count). The molecular weight excluding hydrogens is 280 g/mol. The standard InChI is InChI=1S/C13H20N2O2S2/c1-14-9-11-3-5-13(6-4-11)19(16,17)15(2)12-7-8-18-10-12/h3-6,12,14H,7-10H2,1-2H3. The molecule has 1 unspecified atom stereocenters. The highest BCUT2D eigenvalue weighted by atomic mass is 32.2. The highest BCUT2D eigenvalue weighted by molar-refractivity contribution is 7.99. The van der Waals surface area contributed by atoms with E-state index < -0.39 is 10.0 Å². The summed E-state index contributed by atoms with van der Waals surface area (Å²) in [6, 6.07) is 7.25. The number of hydrogen-bond donors (Lipinski definition) is 1. The maximum Gasteiger partial charge on any atom is 0.243 e. The largest absolute Gasteiger partial charge is 0.316 e. The Hall–Kier alpha value is -0.560. The van der Waals surface area contributed by atoms with Crippen LogP contribution in [-0.2, 0) is 16.6 Å². The smallest absolute Gasteiger partial charge is 0.243 e. The molecule has 0 saturated carbocycles. The molecule has 4 nitrogen and oxygen atoms in total. The molecule has 0 spiro atoms. The minimum atomic E-state index is -3.35. The lowest BCUT2D eigenvalue weighted by Crippen LogP contribution is -2.36. The minimum absolute atomic E-state index is 0.131. The third-order valence-electron chi connectivity index (χ3n) is 3.40. The third-order valence-corrected chi connectivity index (χ3v) is 6.47. The molecule has 0 aromatic heterocycles. The molecule has 1 heterocycles. The van der Waals surface area contributed by atoms with Crippen molar-refractivity contribution >= 4 is 21.8 Å². The number of nitrogens with zero attached hydrogens (tertiary/aromatic N) is 1. The molecule has 1 aliphatic heterocycles. The number of thioether (sulfide) groups is 1. The Morgan fingerprint density at radius 1 is 1.37 bits per heavy atom. The molecule has 1 fully saturated rings. The lowest BCUT2D eigenvalue weighted by molar-refractivity contribution is 0.394. The Morgan fingerprint density at radius 2 is 2.05 bits per heavy atom. The number of nitrogens with one attached hydrogen (secondary N) is 1. The fourth-order valence-corrected chi connectivity index (χ4v) is 4.90. The highest BCUT2D eigenvalue weighted by Crippen LogP contribution is 2.26. The van der Waals surface area contributed by atoms with Crippen molar-refractivity contribution in [3.63, 3.8) is 0 Å². The molecule has 1 atom stereocenters. The monoisotopic (exact) mass is 300 g/mol. The summed E-state index contributed by atoms with van der Waals surface area (Å²) >= 11 is 1.82. The lowest BCUT2D eigenvalue weighted by atomic mass is 10.2. The lowest BCUT2D eigenvalue weighted by Gasteiger charge is -2.23. The Kier molecular flexibility index (Phi) is 4.89. The van der Waals surface area contributed by atoms with Crippen LogP contribution in [0.3, 0.4) is 0 Å². The van der Waals surface area contributed by atoms with Crippen LogP contribution in [0.5, 0.6) is 0 Å². The summed E-state index contributed by atoms with van der Waals surface area (Å²) in [6.45, 7) is 0.745. The van der Waals surface area contributed by atoms with Gasteiger partial charge in [0.1, 0.15) is 0 Å². The van der Waals surface area contributed by atoms with Crippen molar-refractivity contribution in [1.29, 1.82) is 0 Å². The molecule has 1 aromatic carbocycles. The summed E-state index contributed by atoms with van der Waals surface area (Å²) in [7, 11) is 0.205. The second kappa shape index (κ2) is 6.26. The van der Waals surface area contributed by atoms with Crippen LogP contribution < -0.4 is 5.32 Å². The maximum atomic E-state index is 12.5. The van der Waals surface area contributed by atoms with Gasteiger partial charge in [-0.15, -0.1) is 0 Å². The molecular formula is C13H20N2O2S2. The van der Waals surface area contributed by atoms with E-state index in [0.717, 1.165) is 30.0 Å². The van der Waals surface area contributed by atoms with Gasteiger partial charge in [-0.05, 0) is 36.9 Å². The first-order chi connectivity index (χ1) is 9.05. The summed E-state index contributed by atoms with van der Waals surface area (Å²) in [5, 5.41) is 3.05. The predicted molar refractivity (Wildman–Crippen MR) is 79.9 cm³/mol. The van der Waals surface area contributed by atoms with Crippen LogP contribution in [0.1, 0.15) is 12.0 Å². The van der Waals surface area contributed by atoms with Gasteiger partial charge in [0.25, 0.3) is 0 Å². The second-order valence-electron chi connectivity index (χ2n) is 4.71. The molecule has 1 saturated heterocycles. The fourth-order valence-electron chi connectivity index (χ4n) is 2.15. The fraction of sp³-hybridized carbons (Fsp3) is 0.538. The molecule has 106 valence electrons. The molecule has 0 bridgehead atoms. The van der Waals surface area contributed by atoms with E-state index >= 15 is 0 Å². The average molecular weight is 300 g/mol. The first-order valence-corrected chi connectivity index (χ1v) is 8.94. The van der Waals surface area contributed by atoms with Crippen LogP contribution >= 0.6 is 11.8 Å². The van der Waals surface area contributed by atoms with Crippen molar-refractivity contribution in [3.8, 4) is 0 Å². The van der Waals surface area contributed by atoms with Crippen LogP contribution in [-0.4, -0.2) is 44.4 Å². The third kappa shape index (κ3) is 3.31. The van der Waals surface area contributed by atoms with Crippen molar-refractivity contribution < 1.29 is 8.42 Å². The van der Waals surface area contributed by atoms with Gasteiger partial charge >= 0.3 is 0 Å². The van der Waals surface area contributed by atoms with Gasteiger partial charge in [-0.3, -0.25) is 0 Å². The number of sulfonamides is 1. The summed E-state index contributed by atoms with van der Waals surface area (Å²) < 4.78 is 26.5. The van der Waals surface area contributed by atoms with E-state index in [1.54, 1.807) is 19.2 Å². The quantitative estimate of drug-likeness (QED) is 0.896. The average Bonchev–Trinajstić information content (AvgIpc) is 2.92. The summed E-state index contributed by atoms with van der Waals surface area (Å²) in [5.41, 5.74) is 1.08. The van der Waals surface area contributed by atoms with Crippen LogP contribution in [0, 0.1) is 0 Å². The van der Waals surface area contributed by atoms with Gasteiger partial charge in [-0.2, -0.15) is 16.1 Å². The molecule has 0 aliphatic carbocycles. The molecule has 1 aromatic rings. The summed E-state index contributed by atoms with van der Waals surface area (Å²) in [5.74, 6) is 1.94. The normalized spacial score (nSPS) is 20.1. The van der Waals surface area contributed by atoms with E-state index in [4.69, 9.17) is 0 Å². The van der Waals surface area contributed by atoms with Crippen LogP contribution in [0.25, 0.3) is 0 Å². The van der Waals surface area contributed by atoms with Gasteiger partial charge in [0.15, 0.2) is 0 Å². The number of benzene rings is 1. The van der Waals surface area contributed by atoms with Gasteiger partial charge in [0, 0.05) is 25.4 Å². The van der Waals surface area contributed by atoms with Crippen LogP contribution in [0.4, 0.5) is 0 Å². The Morgan fingerprint density at radius 3 is 2.58 bits per heavy atom. The zero-order valence-electron chi connectivity index (χ0n) is 11.3. The predicted octanol–water partition coefficient (Wildman–Crippen LogP) is 1.53. The minimum Gasteiger partial charge on any atom is -0.316 e. The van der Waals surface area contributed by atoms with Gasteiger partial charge in [0.2, 0.25) is 10.0 Å². The van der Waals surface area contributed by atoms with Crippen LogP contribution in [0.15, 0.2) is 29.2 Å². The SMILES string of the molecule is CNCc1ccc(S(=O)(=O)N(C)C2CCSC2)cc1. The zero-order chi connectivity index (χ0) is 13.9. The van der Waals surface area contributed by atoms with Crippen molar-refractivity contribution in [2.75, 3.05) is 25.6 Å². The van der Waals surface area contributed by atoms with Gasteiger partial charge in [0.05, 0.1) is 4.90 Å². The van der Waals surface area contributed by atoms with Gasteiger partial charge in [-0.25, -0.2) is 8.42 Å². The van der Waals surface area contributed by atoms with Gasteiger partial charge < -0.3 is 5.32 Å². The highest BCUT2D eigenvalue weighted by Gasteiger charge is 2.30. The summed E-state index contributed by atoms with van der Waals surface area (Å²) in [4.78, 5) is 0.381. The number of rotatable bonds is 5. The Labute approximate surface area is 119 Å². The molecule has 0 radical (unpaired) electrons. The molecule has 1 N–H and O–H groups in total. The molecule has 1 aliphatic rings.